The van der Waals surface area contributed by atoms with E-state index in [-0.39, 0.29) is 0 Å². The van der Waals surface area contributed by atoms with Gasteiger partial charge in [0.2, 0.25) is 5.71 Å². The molecule has 16 heavy (non-hydrogen) atoms. The molecule has 3 rings (SSSR count). The van der Waals surface area contributed by atoms with Crippen LogP contribution in [0.3, 0.4) is 0 Å². The van der Waals surface area contributed by atoms with E-state index in [1.165, 1.54) is 11.2 Å². The van der Waals surface area contributed by atoms with Crippen molar-refractivity contribution in [3.8, 4) is 10.4 Å². The Labute approximate surface area is 101 Å². The predicted molar refractivity (Wildman–Crippen MR) is 64.9 cm³/mol. The number of furan rings is 1. The minimum Gasteiger partial charge on any atom is -0.445 e. The highest BCUT2D eigenvalue weighted by Gasteiger charge is 2.14. The van der Waals surface area contributed by atoms with Crippen molar-refractivity contribution in [1.29, 1.82) is 0 Å². The van der Waals surface area contributed by atoms with Gasteiger partial charge in [0.25, 0.3) is 0 Å². The van der Waals surface area contributed by atoms with Gasteiger partial charge in [0.05, 0.1) is 5.39 Å². The highest BCUT2D eigenvalue weighted by Crippen LogP contribution is 2.36. The third-order valence-electron chi connectivity index (χ3n) is 2.33. The van der Waals surface area contributed by atoms with Gasteiger partial charge in [0, 0.05) is 15.3 Å². The van der Waals surface area contributed by atoms with Crippen molar-refractivity contribution in [3.05, 3.63) is 34.8 Å². The van der Waals surface area contributed by atoms with E-state index in [0.29, 0.717) is 10.9 Å². The van der Waals surface area contributed by atoms with Gasteiger partial charge in [-0.2, -0.15) is 0 Å². The second-order valence-corrected chi connectivity index (χ2v) is 5.05. The minimum absolute atomic E-state index is 0.430. The van der Waals surface area contributed by atoms with E-state index in [2.05, 4.69) is 23.0 Å². The Morgan fingerprint density at radius 2 is 2.19 bits per heavy atom. The number of halogens is 1. The number of hydrogen-bond acceptors (Lipinski definition) is 4. The smallest absolute Gasteiger partial charge is 0.231 e. The summed E-state index contributed by atoms with van der Waals surface area (Å²) in [5.74, 6) is 0. The third-order valence-corrected chi connectivity index (χ3v) is 3.65. The predicted octanol–water partition coefficient (Wildman–Crippen LogP) is 3.91. The molecule has 0 aliphatic heterocycles. The molecule has 0 radical (unpaired) electrons. The van der Waals surface area contributed by atoms with Crippen molar-refractivity contribution in [1.82, 2.24) is 9.97 Å². The standard InChI is InChI=1S/C11H7ClN2OS/c1-6-2-3-8(16-6)7-4-15-11-9(7)10(12)13-5-14-11/h2-5H,1H3. The van der Waals surface area contributed by atoms with Gasteiger partial charge in [-0.15, -0.1) is 11.3 Å². The molecule has 0 aliphatic rings. The molecule has 0 bridgehead atoms. The molecule has 0 atom stereocenters. The summed E-state index contributed by atoms with van der Waals surface area (Å²) >= 11 is 7.75. The maximum absolute atomic E-state index is 6.05. The Bertz CT molecular complexity index is 659. The summed E-state index contributed by atoms with van der Waals surface area (Å²) in [4.78, 5) is 10.4. The first-order valence-electron chi connectivity index (χ1n) is 4.70. The lowest BCUT2D eigenvalue weighted by molar-refractivity contribution is 0.603. The zero-order valence-electron chi connectivity index (χ0n) is 8.40. The molecule has 0 unspecified atom stereocenters. The highest BCUT2D eigenvalue weighted by atomic mass is 35.5. The van der Waals surface area contributed by atoms with Crippen molar-refractivity contribution in [2.24, 2.45) is 0 Å². The SMILES string of the molecule is Cc1ccc(-c2coc3ncnc(Cl)c23)s1. The number of aryl methyl sites for hydroxylation is 1. The summed E-state index contributed by atoms with van der Waals surface area (Å²) in [6.07, 6.45) is 3.08. The molecule has 3 nitrogen and oxygen atoms in total. The summed E-state index contributed by atoms with van der Waals surface area (Å²) in [6.45, 7) is 2.06. The largest absolute Gasteiger partial charge is 0.445 e. The Hall–Kier alpha value is -1.39. The number of thiophene rings is 1. The molecule has 0 fully saturated rings. The van der Waals surface area contributed by atoms with E-state index < -0.39 is 0 Å². The van der Waals surface area contributed by atoms with Gasteiger partial charge in [-0.25, -0.2) is 9.97 Å². The number of aromatic nitrogens is 2. The molecule has 0 spiro atoms. The zero-order chi connectivity index (χ0) is 11.1. The van der Waals surface area contributed by atoms with E-state index >= 15 is 0 Å². The van der Waals surface area contributed by atoms with Crippen molar-refractivity contribution in [2.75, 3.05) is 0 Å². The highest BCUT2D eigenvalue weighted by molar-refractivity contribution is 7.15. The van der Waals surface area contributed by atoms with E-state index in [0.717, 1.165) is 15.8 Å². The summed E-state index contributed by atoms with van der Waals surface area (Å²) in [7, 11) is 0. The number of hydrogen-bond donors (Lipinski definition) is 0. The molecule has 3 heterocycles. The van der Waals surface area contributed by atoms with E-state index in [1.807, 2.05) is 6.07 Å². The fraction of sp³-hybridized carbons (Fsp3) is 0.0909. The maximum atomic E-state index is 6.05. The van der Waals surface area contributed by atoms with E-state index in [4.69, 9.17) is 16.0 Å². The lowest BCUT2D eigenvalue weighted by atomic mass is 10.2. The third kappa shape index (κ3) is 1.42. The van der Waals surface area contributed by atoms with Gasteiger partial charge in [0.1, 0.15) is 17.7 Å². The van der Waals surface area contributed by atoms with E-state index in [9.17, 15) is 0 Å². The quantitative estimate of drug-likeness (QED) is 0.615. The lowest BCUT2D eigenvalue weighted by Gasteiger charge is -1.94. The summed E-state index contributed by atoms with van der Waals surface area (Å²) in [6, 6.07) is 4.12. The molecule has 0 N–H and O–H groups in total. The number of nitrogens with zero attached hydrogens (tertiary/aromatic N) is 2. The molecule has 0 saturated heterocycles. The summed E-state index contributed by atoms with van der Waals surface area (Å²) in [5.41, 5.74) is 1.49. The molecule has 3 aromatic heterocycles. The van der Waals surface area contributed by atoms with Crippen LogP contribution in [0.2, 0.25) is 5.15 Å². The van der Waals surface area contributed by atoms with Crippen LogP contribution in [-0.4, -0.2) is 9.97 Å². The van der Waals surface area contributed by atoms with Crippen LogP contribution in [0.5, 0.6) is 0 Å². The van der Waals surface area contributed by atoms with Crippen LogP contribution < -0.4 is 0 Å². The lowest BCUT2D eigenvalue weighted by Crippen LogP contribution is -1.80. The van der Waals surface area contributed by atoms with E-state index in [1.54, 1.807) is 17.6 Å². The normalized spacial score (nSPS) is 11.1. The van der Waals surface area contributed by atoms with Gasteiger partial charge in [0.15, 0.2) is 0 Å². The van der Waals surface area contributed by atoms with Gasteiger partial charge in [-0.05, 0) is 19.1 Å². The Balaban J connectivity index is 2.32. The van der Waals surface area contributed by atoms with Gasteiger partial charge >= 0.3 is 0 Å². The molecule has 0 saturated carbocycles. The summed E-state index contributed by atoms with van der Waals surface area (Å²) < 4.78 is 5.36. The van der Waals surface area contributed by atoms with Crippen LogP contribution >= 0.6 is 22.9 Å². The van der Waals surface area contributed by atoms with Crippen molar-refractivity contribution < 1.29 is 4.42 Å². The Morgan fingerprint density at radius 1 is 1.31 bits per heavy atom. The van der Waals surface area contributed by atoms with Crippen LogP contribution in [0, 0.1) is 6.92 Å². The molecule has 5 heteroatoms. The van der Waals surface area contributed by atoms with Crippen LogP contribution in [-0.2, 0) is 0 Å². The molecule has 0 amide bonds. The first-order chi connectivity index (χ1) is 7.75. The van der Waals surface area contributed by atoms with Gasteiger partial charge in [-0.1, -0.05) is 11.6 Å². The van der Waals surface area contributed by atoms with Crippen molar-refractivity contribution in [3.63, 3.8) is 0 Å². The average molecular weight is 251 g/mol. The number of fused-ring (bicyclic) bond motifs is 1. The molecule has 3 aromatic rings. The Morgan fingerprint density at radius 3 is 2.94 bits per heavy atom. The number of rotatable bonds is 1. The van der Waals surface area contributed by atoms with Gasteiger partial charge < -0.3 is 4.42 Å². The molecule has 0 aromatic carbocycles. The second kappa shape index (κ2) is 3.57. The van der Waals surface area contributed by atoms with Crippen LogP contribution in [0.15, 0.2) is 29.1 Å². The summed E-state index contributed by atoms with van der Waals surface area (Å²) in [5, 5.41) is 1.21. The second-order valence-electron chi connectivity index (χ2n) is 3.40. The molecular weight excluding hydrogens is 244 g/mol. The zero-order valence-corrected chi connectivity index (χ0v) is 9.97. The first-order valence-corrected chi connectivity index (χ1v) is 5.89. The fourth-order valence-corrected chi connectivity index (χ4v) is 2.70. The molecule has 80 valence electrons. The van der Waals surface area contributed by atoms with Crippen LogP contribution in [0.4, 0.5) is 0 Å². The molecule has 0 aliphatic carbocycles. The maximum Gasteiger partial charge on any atom is 0.231 e. The molecular formula is C11H7ClN2OS. The van der Waals surface area contributed by atoms with Crippen molar-refractivity contribution >= 4 is 34.0 Å². The van der Waals surface area contributed by atoms with Crippen LogP contribution in [0.25, 0.3) is 21.5 Å². The van der Waals surface area contributed by atoms with Crippen molar-refractivity contribution in [2.45, 2.75) is 6.92 Å². The van der Waals surface area contributed by atoms with Crippen LogP contribution in [0.1, 0.15) is 4.88 Å². The monoisotopic (exact) mass is 250 g/mol. The fourth-order valence-electron chi connectivity index (χ4n) is 1.60. The van der Waals surface area contributed by atoms with Gasteiger partial charge in [-0.3, -0.25) is 0 Å². The minimum atomic E-state index is 0.430. The topological polar surface area (TPSA) is 38.9 Å². The first kappa shape index (κ1) is 9.81. The average Bonchev–Trinajstić information content (AvgIpc) is 2.84. The Kier molecular flexibility index (Phi) is 2.19.